The number of rotatable bonds is 6. The summed E-state index contributed by atoms with van der Waals surface area (Å²) >= 11 is 0. The summed E-state index contributed by atoms with van der Waals surface area (Å²) in [5.41, 5.74) is 4.21. The van der Waals surface area contributed by atoms with Crippen LogP contribution in [0.15, 0.2) is 48.5 Å². The van der Waals surface area contributed by atoms with Gasteiger partial charge in [-0.15, -0.1) is 0 Å². The van der Waals surface area contributed by atoms with Crippen LogP contribution in [0.2, 0.25) is 0 Å². The van der Waals surface area contributed by atoms with Crippen molar-refractivity contribution >= 4 is 6.03 Å². The van der Waals surface area contributed by atoms with E-state index in [2.05, 4.69) is 10.2 Å². The van der Waals surface area contributed by atoms with Gasteiger partial charge in [0.25, 0.3) is 0 Å². The number of nitrogens with one attached hydrogen (secondary N) is 1. The number of urea groups is 1. The third-order valence-corrected chi connectivity index (χ3v) is 6.10. The first kappa shape index (κ1) is 24.7. The number of carbonyl (C=O) groups excluding carboxylic acids is 1. The first-order valence-electron chi connectivity index (χ1n) is 11.9. The summed E-state index contributed by atoms with van der Waals surface area (Å²) in [5, 5.41) is 7.97. The Hall–Kier alpha value is -3.39. The topological polar surface area (TPSA) is 62.6 Å². The Balaban J connectivity index is 1.67. The van der Waals surface area contributed by atoms with Crippen LogP contribution in [0.4, 0.5) is 9.18 Å². The van der Waals surface area contributed by atoms with Gasteiger partial charge < -0.3 is 15.0 Å². The number of fused-ring (bicyclic) bond motifs is 1. The van der Waals surface area contributed by atoms with Crippen molar-refractivity contribution < 1.29 is 13.9 Å². The number of ether oxygens (including phenoxy) is 1. The minimum Gasteiger partial charge on any atom is -0.494 e. The number of nitrogens with zero attached hydrogens (tertiary/aromatic N) is 4. The smallest absolute Gasteiger partial charge is 0.317 e. The second kappa shape index (κ2) is 10.1. The van der Waals surface area contributed by atoms with Crippen LogP contribution in [0.25, 0.3) is 5.69 Å². The van der Waals surface area contributed by atoms with Gasteiger partial charge in [0.15, 0.2) is 0 Å². The van der Waals surface area contributed by atoms with E-state index in [0.717, 1.165) is 41.4 Å². The zero-order valence-corrected chi connectivity index (χ0v) is 21.1. The fourth-order valence-corrected chi connectivity index (χ4v) is 4.39. The molecule has 0 saturated heterocycles. The van der Waals surface area contributed by atoms with E-state index in [-0.39, 0.29) is 17.4 Å². The van der Waals surface area contributed by atoms with Crippen molar-refractivity contribution in [2.45, 2.75) is 52.4 Å². The van der Waals surface area contributed by atoms with Crippen LogP contribution >= 0.6 is 0 Å². The highest BCUT2D eigenvalue weighted by atomic mass is 19.1. The molecule has 1 aromatic heterocycles. The van der Waals surface area contributed by atoms with E-state index in [4.69, 9.17) is 9.84 Å². The van der Waals surface area contributed by atoms with Crippen molar-refractivity contribution in [3.05, 3.63) is 76.9 Å². The van der Waals surface area contributed by atoms with Gasteiger partial charge >= 0.3 is 6.03 Å². The van der Waals surface area contributed by atoms with Gasteiger partial charge in [0, 0.05) is 49.8 Å². The van der Waals surface area contributed by atoms with E-state index < -0.39 is 0 Å². The summed E-state index contributed by atoms with van der Waals surface area (Å²) in [5.74, 6) is 0.541. The molecule has 0 atom stereocenters. The molecule has 0 spiro atoms. The number of benzene rings is 2. The maximum absolute atomic E-state index is 14.3. The van der Waals surface area contributed by atoms with Crippen molar-refractivity contribution in [1.82, 2.24) is 24.9 Å². The number of para-hydroxylation sites is 2. The van der Waals surface area contributed by atoms with Crippen molar-refractivity contribution in [2.24, 2.45) is 0 Å². The Morgan fingerprint density at radius 3 is 2.60 bits per heavy atom. The van der Waals surface area contributed by atoms with Gasteiger partial charge in [-0.05, 0) is 39.0 Å². The number of halogens is 1. The lowest BCUT2D eigenvalue weighted by molar-refractivity contribution is 0.196. The molecule has 1 aliphatic rings. The molecule has 8 heteroatoms. The monoisotopic (exact) mass is 479 g/mol. The van der Waals surface area contributed by atoms with Gasteiger partial charge in [-0.2, -0.15) is 5.10 Å². The Morgan fingerprint density at radius 2 is 1.89 bits per heavy atom. The fourth-order valence-electron chi connectivity index (χ4n) is 4.39. The third kappa shape index (κ3) is 5.65. The Morgan fingerprint density at radius 1 is 1.17 bits per heavy atom. The largest absolute Gasteiger partial charge is 0.494 e. The highest BCUT2D eigenvalue weighted by Gasteiger charge is 2.28. The molecule has 0 fully saturated rings. The van der Waals surface area contributed by atoms with Crippen LogP contribution in [-0.4, -0.2) is 51.9 Å². The van der Waals surface area contributed by atoms with Crippen LogP contribution in [0.1, 0.15) is 43.3 Å². The second-order valence-corrected chi connectivity index (χ2v) is 10.0. The number of carbonyl (C=O) groups is 1. The molecule has 35 heavy (non-hydrogen) atoms. The van der Waals surface area contributed by atoms with Gasteiger partial charge in [0.2, 0.25) is 0 Å². The summed E-state index contributed by atoms with van der Waals surface area (Å²) in [4.78, 5) is 16.6. The van der Waals surface area contributed by atoms with Gasteiger partial charge in [0.05, 0.1) is 25.0 Å². The van der Waals surface area contributed by atoms with Gasteiger partial charge in [-0.1, -0.05) is 30.3 Å². The highest BCUT2D eigenvalue weighted by molar-refractivity contribution is 5.74. The molecule has 0 aliphatic carbocycles. The van der Waals surface area contributed by atoms with Crippen LogP contribution in [0, 0.1) is 5.82 Å². The van der Waals surface area contributed by atoms with Gasteiger partial charge in [-0.25, -0.2) is 13.9 Å². The first-order valence-corrected chi connectivity index (χ1v) is 11.9. The normalized spacial score (nSPS) is 13.9. The van der Waals surface area contributed by atoms with Crippen molar-refractivity contribution in [3.63, 3.8) is 0 Å². The molecule has 2 amide bonds. The van der Waals surface area contributed by atoms with Crippen molar-refractivity contribution in [2.75, 3.05) is 20.7 Å². The zero-order chi connectivity index (χ0) is 25.2. The lowest BCUT2D eigenvalue weighted by Gasteiger charge is -2.29. The molecule has 2 aromatic carbocycles. The molecule has 0 saturated carbocycles. The van der Waals surface area contributed by atoms with E-state index >= 15 is 0 Å². The standard InChI is InChI=1S/C27H34FN5O2/c1-27(2,3)29-26(34)31(4)18-22-20-17-32(16-19-10-6-7-11-21(19)28)15-14-23(20)33(30-22)24-12-8-9-13-25(24)35-5/h6-13H,14-18H2,1-5H3,(H,29,34). The predicted molar refractivity (Wildman–Crippen MR) is 134 cm³/mol. The van der Waals surface area contributed by atoms with Crippen molar-refractivity contribution in [3.8, 4) is 11.4 Å². The second-order valence-electron chi connectivity index (χ2n) is 10.0. The molecular weight excluding hydrogens is 445 g/mol. The molecule has 2 heterocycles. The van der Waals surface area contributed by atoms with Gasteiger partial charge in [0.1, 0.15) is 17.3 Å². The fraction of sp³-hybridized carbons (Fsp3) is 0.407. The predicted octanol–water partition coefficient (Wildman–Crippen LogP) is 4.52. The molecular formula is C27H34FN5O2. The van der Waals surface area contributed by atoms with E-state index in [1.807, 2.05) is 61.9 Å². The van der Waals surface area contributed by atoms with Crippen LogP contribution in [-0.2, 0) is 26.1 Å². The van der Waals surface area contributed by atoms with E-state index in [9.17, 15) is 9.18 Å². The Labute approximate surface area is 206 Å². The lowest BCUT2D eigenvalue weighted by Crippen LogP contribution is -2.47. The van der Waals surface area contributed by atoms with E-state index in [0.29, 0.717) is 25.2 Å². The minimum atomic E-state index is -0.335. The number of methoxy groups -OCH3 is 1. The molecule has 0 unspecified atom stereocenters. The van der Waals surface area contributed by atoms with Crippen LogP contribution < -0.4 is 10.1 Å². The molecule has 1 aliphatic heterocycles. The van der Waals surface area contributed by atoms with Gasteiger partial charge in [-0.3, -0.25) is 4.90 Å². The van der Waals surface area contributed by atoms with Crippen LogP contribution in [0.5, 0.6) is 5.75 Å². The molecule has 7 nitrogen and oxygen atoms in total. The Bertz CT molecular complexity index is 1200. The number of amides is 2. The lowest BCUT2D eigenvalue weighted by atomic mass is 10.0. The number of hydrogen-bond acceptors (Lipinski definition) is 4. The number of aromatic nitrogens is 2. The summed E-state index contributed by atoms with van der Waals surface area (Å²) < 4.78 is 21.9. The zero-order valence-electron chi connectivity index (χ0n) is 21.1. The molecule has 3 aromatic rings. The Kier molecular flexibility index (Phi) is 7.12. The summed E-state index contributed by atoms with van der Waals surface area (Å²) in [6.07, 6.45) is 0.757. The maximum Gasteiger partial charge on any atom is 0.317 e. The summed E-state index contributed by atoms with van der Waals surface area (Å²) in [7, 11) is 3.42. The molecule has 4 rings (SSSR count). The third-order valence-electron chi connectivity index (χ3n) is 6.10. The minimum absolute atomic E-state index is 0.155. The van der Waals surface area contributed by atoms with Crippen LogP contribution in [0.3, 0.4) is 0 Å². The number of hydrogen-bond donors (Lipinski definition) is 1. The average Bonchev–Trinajstić information content (AvgIpc) is 3.16. The van der Waals surface area contributed by atoms with Crippen molar-refractivity contribution in [1.29, 1.82) is 0 Å². The van der Waals surface area contributed by atoms with E-state index in [1.54, 1.807) is 25.1 Å². The molecule has 1 N–H and O–H groups in total. The highest BCUT2D eigenvalue weighted by Crippen LogP contribution is 2.30. The first-order chi connectivity index (χ1) is 16.7. The maximum atomic E-state index is 14.3. The molecule has 0 radical (unpaired) electrons. The quantitative estimate of drug-likeness (QED) is 0.565. The summed E-state index contributed by atoms with van der Waals surface area (Å²) in [6, 6.07) is 14.5. The average molecular weight is 480 g/mol. The molecule has 0 bridgehead atoms. The SMILES string of the molecule is COc1ccccc1-n1nc(CN(C)C(=O)NC(C)(C)C)c2c1CCN(Cc1ccccc1F)C2. The van der Waals surface area contributed by atoms with E-state index in [1.165, 1.54) is 6.07 Å². The summed E-state index contributed by atoms with van der Waals surface area (Å²) in [6.45, 7) is 8.16. The molecule has 186 valence electrons.